The molecule has 0 amide bonds. The first-order valence-electron chi connectivity index (χ1n) is 6.27. The Labute approximate surface area is 115 Å². The molecule has 0 atom stereocenters. The van der Waals surface area contributed by atoms with Crippen molar-refractivity contribution >= 4 is 5.97 Å². The lowest BCUT2D eigenvalue weighted by Crippen LogP contribution is -2.13. The summed E-state index contributed by atoms with van der Waals surface area (Å²) >= 11 is 0. The van der Waals surface area contributed by atoms with Gasteiger partial charge in [-0.15, -0.1) is 0 Å². The summed E-state index contributed by atoms with van der Waals surface area (Å²) in [6.45, 7) is 0.864. The summed E-state index contributed by atoms with van der Waals surface area (Å²) in [6, 6.07) is 7.38. The fourth-order valence-corrected chi connectivity index (χ4v) is 2.36. The van der Waals surface area contributed by atoms with E-state index in [-0.39, 0.29) is 5.69 Å². The summed E-state index contributed by atoms with van der Waals surface area (Å²) in [5, 5.41) is 13.5. The van der Waals surface area contributed by atoms with Crippen LogP contribution < -0.4 is 4.74 Å². The Morgan fingerprint density at radius 2 is 2.35 bits per heavy atom. The third-order valence-corrected chi connectivity index (χ3v) is 3.32. The molecular formula is C14H14N2O4. The largest absolute Gasteiger partial charge is 0.497 e. The standard InChI is InChI=1S/C14H14N2O4/c1-19-10-4-2-3-9(7-10)16-12-5-6-20-8-11(12)13(15-16)14(17)18/h2-4,7H,5-6,8H2,1H3,(H,17,18). The smallest absolute Gasteiger partial charge is 0.356 e. The number of carboxylic acid groups (broad SMARTS) is 1. The van der Waals surface area contributed by atoms with Crippen molar-refractivity contribution in [2.45, 2.75) is 13.0 Å². The summed E-state index contributed by atoms with van der Waals surface area (Å²) in [6.07, 6.45) is 0.646. The molecule has 1 aliphatic rings. The van der Waals surface area contributed by atoms with Crippen LogP contribution in [-0.4, -0.2) is 34.6 Å². The molecule has 0 bridgehead atoms. The average molecular weight is 274 g/mol. The van der Waals surface area contributed by atoms with Gasteiger partial charge in [-0.25, -0.2) is 9.48 Å². The number of benzene rings is 1. The van der Waals surface area contributed by atoms with Crippen LogP contribution in [0.4, 0.5) is 0 Å². The second-order valence-electron chi connectivity index (χ2n) is 4.49. The van der Waals surface area contributed by atoms with Crippen molar-refractivity contribution in [3.05, 3.63) is 41.2 Å². The summed E-state index contributed by atoms with van der Waals surface area (Å²) in [7, 11) is 1.59. The lowest BCUT2D eigenvalue weighted by Gasteiger charge is -2.15. The van der Waals surface area contributed by atoms with E-state index in [4.69, 9.17) is 9.47 Å². The van der Waals surface area contributed by atoms with Crippen LogP contribution in [0.1, 0.15) is 21.7 Å². The van der Waals surface area contributed by atoms with Crippen LogP contribution in [0, 0.1) is 0 Å². The van der Waals surface area contributed by atoms with Gasteiger partial charge in [0.15, 0.2) is 5.69 Å². The Kier molecular flexibility index (Phi) is 3.15. The highest BCUT2D eigenvalue weighted by Crippen LogP contribution is 2.25. The van der Waals surface area contributed by atoms with Crippen LogP contribution in [-0.2, 0) is 17.8 Å². The normalized spacial score (nSPS) is 13.8. The van der Waals surface area contributed by atoms with Crippen molar-refractivity contribution in [1.82, 2.24) is 9.78 Å². The minimum absolute atomic E-state index is 0.0579. The van der Waals surface area contributed by atoms with Gasteiger partial charge in [0.1, 0.15) is 5.75 Å². The van der Waals surface area contributed by atoms with E-state index >= 15 is 0 Å². The lowest BCUT2D eigenvalue weighted by atomic mass is 10.1. The first-order valence-corrected chi connectivity index (χ1v) is 6.27. The van der Waals surface area contributed by atoms with Gasteiger partial charge in [-0.1, -0.05) is 6.07 Å². The first kappa shape index (κ1) is 12.7. The molecule has 1 N–H and O–H groups in total. The maximum Gasteiger partial charge on any atom is 0.356 e. The molecule has 0 unspecified atom stereocenters. The van der Waals surface area contributed by atoms with Crippen LogP contribution in [0.15, 0.2) is 24.3 Å². The predicted octanol–water partition coefficient (Wildman–Crippen LogP) is 1.65. The zero-order valence-corrected chi connectivity index (χ0v) is 11.0. The first-order chi connectivity index (χ1) is 9.70. The average Bonchev–Trinajstić information content (AvgIpc) is 2.87. The molecule has 3 rings (SSSR count). The number of aromatic carboxylic acids is 1. The Morgan fingerprint density at radius 3 is 3.10 bits per heavy atom. The summed E-state index contributed by atoms with van der Waals surface area (Å²) in [4.78, 5) is 11.3. The summed E-state index contributed by atoms with van der Waals surface area (Å²) in [5.74, 6) is -0.330. The number of carbonyl (C=O) groups is 1. The van der Waals surface area contributed by atoms with Crippen LogP contribution in [0.25, 0.3) is 5.69 Å². The molecule has 6 nitrogen and oxygen atoms in total. The number of rotatable bonds is 3. The number of hydrogen-bond acceptors (Lipinski definition) is 4. The molecule has 1 aliphatic heterocycles. The van der Waals surface area contributed by atoms with E-state index in [2.05, 4.69) is 5.10 Å². The third-order valence-electron chi connectivity index (χ3n) is 3.32. The lowest BCUT2D eigenvalue weighted by molar-refractivity contribution is 0.0677. The fraction of sp³-hybridized carbons (Fsp3) is 0.286. The van der Waals surface area contributed by atoms with Gasteiger partial charge < -0.3 is 14.6 Å². The Hall–Kier alpha value is -2.34. The highest BCUT2D eigenvalue weighted by molar-refractivity contribution is 5.87. The number of carboxylic acids is 1. The molecule has 2 aromatic rings. The van der Waals surface area contributed by atoms with Crippen LogP contribution >= 0.6 is 0 Å². The van der Waals surface area contributed by atoms with E-state index in [0.717, 1.165) is 11.4 Å². The highest BCUT2D eigenvalue weighted by Gasteiger charge is 2.25. The SMILES string of the molecule is COc1cccc(-n2nc(C(=O)O)c3c2CCOC3)c1. The molecule has 0 radical (unpaired) electrons. The number of ether oxygens (including phenoxy) is 2. The van der Waals surface area contributed by atoms with Crippen molar-refractivity contribution in [1.29, 1.82) is 0 Å². The minimum Gasteiger partial charge on any atom is -0.497 e. The van der Waals surface area contributed by atoms with Crippen LogP contribution in [0.5, 0.6) is 5.75 Å². The van der Waals surface area contributed by atoms with Crippen molar-refractivity contribution in [3.63, 3.8) is 0 Å². The Balaban J connectivity index is 2.15. The van der Waals surface area contributed by atoms with Crippen LogP contribution in [0.2, 0.25) is 0 Å². The number of methoxy groups -OCH3 is 1. The van der Waals surface area contributed by atoms with Crippen molar-refractivity contribution < 1.29 is 19.4 Å². The molecule has 6 heteroatoms. The Bertz CT molecular complexity index is 663. The molecule has 0 spiro atoms. The molecule has 1 aromatic heterocycles. The van der Waals surface area contributed by atoms with E-state index in [1.807, 2.05) is 24.3 Å². The molecule has 104 valence electrons. The summed E-state index contributed by atoms with van der Waals surface area (Å²) in [5.41, 5.74) is 2.39. The maximum absolute atomic E-state index is 11.3. The van der Waals surface area contributed by atoms with Gasteiger partial charge in [0.2, 0.25) is 0 Å². The molecule has 2 heterocycles. The number of fused-ring (bicyclic) bond motifs is 1. The maximum atomic E-state index is 11.3. The van der Waals surface area contributed by atoms with Crippen molar-refractivity contribution in [3.8, 4) is 11.4 Å². The predicted molar refractivity (Wildman–Crippen MR) is 70.4 cm³/mol. The highest BCUT2D eigenvalue weighted by atomic mass is 16.5. The zero-order chi connectivity index (χ0) is 14.1. The van der Waals surface area contributed by atoms with Gasteiger partial charge >= 0.3 is 5.97 Å². The second kappa shape index (κ2) is 4.97. The van der Waals surface area contributed by atoms with E-state index in [1.54, 1.807) is 11.8 Å². The monoisotopic (exact) mass is 274 g/mol. The zero-order valence-electron chi connectivity index (χ0n) is 11.0. The molecular weight excluding hydrogens is 260 g/mol. The van der Waals surface area contributed by atoms with Gasteiger partial charge in [0.05, 0.1) is 31.7 Å². The van der Waals surface area contributed by atoms with E-state index in [0.29, 0.717) is 30.9 Å². The topological polar surface area (TPSA) is 73.6 Å². The molecule has 0 saturated heterocycles. The van der Waals surface area contributed by atoms with E-state index in [9.17, 15) is 9.90 Å². The molecule has 0 fully saturated rings. The number of nitrogens with zero attached hydrogens (tertiary/aromatic N) is 2. The van der Waals surface area contributed by atoms with Gasteiger partial charge in [-0.3, -0.25) is 0 Å². The molecule has 20 heavy (non-hydrogen) atoms. The number of aromatic nitrogens is 2. The van der Waals surface area contributed by atoms with Crippen molar-refractivity contribution in [2.24, 2.45) is 0 Å². The third kappa shape index (κ3) is 2.04. The van der Waals surface area contributed by atoms with Crippen LogP contribution in [0.3, 0.4) is 0 Å². The minimum atomic E-state index is -1.03. The van der Waals surface area contributed by atoms with Gasteiger partial charge in [0, 0.05) is 18.1 Å². The Morgan fingerprint density at radius 1 is 1.50 bits per heavy atom. The van der Waals surface area contributed by atoms with E-state index in [1.165, 1.54) is 0 Å². The molecule has 0 aliphatic carbocycles. The fourth-order valence-electron chi connectivity index (χ4n) is 2.36. The van der Waals surface area contributed by atoms with E-state index < -0.39 is 5.97 Å². The van der Waals surface area contributed by atoms with Gasteiger partial charge in [-0.2, -0.15) is 5.10 Å². The van der Waals surface area contributed by atoms with Gasteiger partial charge in [0.25, 0.3) is 0 Å². The quantitative estimate of drug-likeness (QED) is 0.921. The molecule has 0 saturated carbocycles. The second-order valence-corrected chi connectivity index (χ2v) is 4.49. The van der Waals surface area contributed by atoms with Crippen molar-refractivity contribution in [2.75, 3.05) is 13.7 Å². The molecule has 1 aromatic carbocycles. The number of hydrogen-bond donors (Lipinski definition) is 1. The summed E-state index contributed by atoms with van der Waals surface area (Å²) < 4.78 is 12.2. The van der Waals surface area contributed by atoms with Gasteiger partial charge in [-0.05, 0) is 12.1 Å².